The molecule has 0 aliphatic carbocycles. The Labute approximate surface area is 403 Å². The third-order valence-electron chi connectivity index (χ3n) is 14.6. The molecular formula is C64H45BN4. The molecule has 0 unspecified atom stereocenters. The zero-order valence-electron chi connectivity index (χ0n) is 38.2. The molecule has 4 nitrogen and oxygen atoms in total. The number of nitrogens with zero attached hydrogens (tertiary/aromatic N) is 4. The van der Waals surface area contributed by atoms with Crippen molar-refractivity contribution in [1.82, 2.24) is 0 Å². The largest absolute Gasteiger partial charge is 0.311 e. The van der Waals surface area contributed by atoms with Crippen LogP contribution in [-0.2, 0) is 6.42 Å². The fraction of sp³-hybridized carbons (Fsp3) is 0.0312. The summed E-state index contributed by atoms with van der Waals surface area (Å²) < 4.78 is 0. The first-order valence-electron chi connectivity index (χ1n) is 24.0. The second-order valence-corrected chi connectivity index (χ2v) is 18.6. The fourth-order valence-corrected chi connectivity index (χ4v) is 11.7. The van der Waals surface area contributed by atoms with Gasteiger partial charge in [0.05, 0.1) is 5.69 Å². The van der Waals surface area contributed by atoms with Gasteiger partial charge in [-0.1, -0.05) is 151 Å². The summed E-state index contributed by atoms with van der Waals surface area (Å²) in [5.41, 5.74) is 21.8. The first-order chi connectivity index (χ1) is 34.1. The van der Waals surface area contributed by atoms with Crippen molar-refractivity contribution in [2.24, 2.45) is 0 Å². The summed E-state index contributed by atoms with van der Waals surface area (Å²) in [6.45, 7) is 2.25. The van der Waals surface area contributed by atoms with Crippen LogP contribution in [0.3, 0.4) is 0 Å². The Morgan fingerprint density at radius 1 is 0.348 bits per heavy atom. The van der Waals surface area contributed by atoms with Crippen molar-refractivity contribution < 1.29 is 0 Å². The van der Waals surface area contributed by atoms with Gasteiger partial charge < -0.3 is 19.6 Å². The molecule has 3 heterocycles. The van der Waals surface area contributed by atoms with Gasteiger partial charge in [0, 0.05) is 69.0 Å². The second-order valence-electron chi connectivity index (χ2n) is 18.6. The van der Waals surface area contributed by atoms with Crippen molar-refractivity contribution >= 4 is 113 Å². The van der Waals surface area contributed by atoms with Crippen LogP contribution in [0.4, 0.5) is 68.2 Å². The van der Waals surface area contributed by atoms with E-state index in [1.807, 2.05) is 0 Å². The zero-order chi connectivity index (χ0) is 45.6. The summed E-state index contributed by atoms with van der Waals surface area (Å²) in [6.07, 6.45) is 0.825. The van der Waals surface area contributed by atoms with Gasteiger partial charge >= 0.3 is 0 Å². The predicted octanol–water partition coefficient (Wildman–Crippen LogP) is 15.2. The summed E-state index contributed by atoms with van der Waals surface area (Å²) in [5, 5.41) is 4.85. The first kappa shape index (κ1) is 39.4. The zero-order valence-corrected chi connectivity index (χ0v) is 38.2. The Morgan fingerprint density at radius 2 is 0.870 bits per heavy atom. The van der Waals surface area contributed by atoms with E-state index in [0.29, 0.717) is 0 Å². The van der Waals surface area contributed by atoms with Gasteiger partial charge in [-0.3, -0.25) is 0 Å². The van der Waals surface area contributed by atoms with E-state index in [0.717, 1.165) is 46.2 Å². The van der Waals surface area contributed by atoms with Gasteiger partial charge in [-0.2, -0.15) is 0 Å². The first-order valence-corrected chi connectivity index (χ1v) is 24.0. The van der Waals surface area contributed by atoms with E-state index in [2.05, 4.69) is 269 Å². The number of rotatable bonds is 7. The number of para-hydroxylation sites is 4. The van der Waals surface area contributed by atoms with Crippen molar-refractivity contribution in [1.29, 1.82) is 0 Å². The molecule has 0 spiro atoms. The monoisotopic (exact) mass is 880 g/mol. The van der Waals surface area contributed by atoms with Crippen LogP contribution in [0.25, 0.3) is 21.5 Å². The summed E-state index contributed by atoms with van der Waals surface area (Å²) in [5.74, 6) is 0. The summed E-state index contributed by atoms with van der Waals surface area (Å²) >= 11 is 0. The Bertz CT molecular complexity index is 3700. The lowest BCUT2D eigenvalue weighted by atomic mass is 9.32. The van der Waals surface area contributed by atoms with Crippen LogP contribution < -0.4 is 36.0 Å². The van der Waals surface area contributed by atoms with E-state index >= 15 is 0 Å². The highest BCUT2D eigenvalue weighted by Crippen LogP contribution is 2.52. The third-order valence-corrected chi connectivity index (χ3v) is 14.6. The number of hydrogen-bond acceptors (Lipinski definition) is 4. The third kappa shape index (κ3) is 6.24. The lowest BCUT2D eigenvalue weighted by Crippen LogP contribution is -2.62. The van der Waals surface area contributed by atoms with Crippen molar-refractivity contribution in [3.63, 3.8) is 0 Å². The Balaban J connectivity index is 1.10. The molecule has 0 aromatic heterocycles. The van der Waals surface area contributed by atoms with Gasteiger partial charge in [-0.15, -0.1) is 0 Å². The molecule has 69 heavy (non-hydrogen) atoms. The van der Waals surface area contributed by atoms with Gasteiger partial charge in [-0.25, -0.2) is 0 Å². The van der Waals surface area contributed by atoms with Crippen LogP contribution >= 0.6 is 0 Å². The molecule has 11 aromatic rings. The lowest BCUT2D eigenvalue weighted by Gasteiger charge is -2.47. The molecule has 0 fully saturated rings. The fourth-order valence-electron chi connectivity index (χ4n) is 11.7. The topological polar surface area (TPSA) is 13.0 Å². The maximum absolute atomic E-state index is 2.62. The van der Waals surface area contributed by atoms with Crippen molar-refractivity contribution in [2.45, 2.75) is 13.3 Å². The van der Waals surface area contributed by atoms with Crippen LogP contribution in [0.1, 0.15) is 16.7 Å². The highest BCUT2D eigenvalue weighted by Gasteiger charge is 2.47. The van der Waals surface area contributed by atoms with E-state index in [1.54, 1.807) is 0 Å². The van der Waals surface area contributed by atoms with Crippen LogP contribution in [0.2, 0.25) is 0 Å². The molecule has 0 N–H and O–H groups in total. The van der Waals surface area contributed by atoms with Gasteiger partial charge in [0.2, 0.25) is 0 Å². The molecule has 0 atom stereocenters. The van der Waals surface area contributed by atoms with E-state index in [1.165, 1.54) is 83.1 Å². The molecule has 0 amide bonds. The molecule has 0 bridgehead atoms. The van der Waals surface area contributed by atoms with E-state index < -0.39 is 0 Å². The second kappa shape index (κ2) is 15.7. The van der Waals surface area contributed by atoms with Gasteiger partial charge in [0.1, 0.15) is 0 Å². The Morgan fingerprint density at radius 3 is 1.52 bits per heavy atom. The standard InChI is InChI=1S/C64H45BN4/c1-43-18-17-31-59-62(43)65-57-40-55(66(50-24-5-2-6-25-50)51-26-7-3-8-27-51)39-49-36-48-23-15-16-30-58(48)69(64(49)57)61-42-56(41-60(63(61)65)68(59)52-28-9-4-10-29-52)67(53-34-32-44-19-11-13-21-46(44)37-53)54-35-33-45-20-12-14-22-47(45)38-54/h2-35,37-42H,36H2,1H3. The SMILES string of the molecule is Cc1cccc2c1B1c3cc(N(c4ccccc4)c4ccccc4)cc4c3N(c3ccccc3C4)c3cc(N(c4ccc5ccccc5c4)c4ccc5ccccc5c4)cc(c31)N2c1ccccc1. The maximum atomic E-state index is 2.62. The lowest BCUT2D eigenvalue weighted by molar-refractivity contribution is 1.09. The van der Waals surface area contributed by atoms with Gasteiger partial charge in [-0.05, 0) is 153 Å². The van der Waals surface area contributed by atoms with Crippen LogP contribution in [-0.4, -0.2) is 6.71 Å². The molecule has 3 aliphatic rings. The molecule has 324 valence electrons. The minimum Gasteiger partial charge on any atom is -0.311 e. The summed E-state index contributed by atoms with van der Waals surface area (Å²) in [6, 6.07) is 89.7. The normalized spacial score (nSPS) is 12.9. The average molecular weight is 881 g/mol. The number of aryl methyl sites for hydroxylation is 1. The number of anilines is 12. The molecule has 0 saturated carbocycles. The summed E-state index contributed by atoms with van der Waals surface area (Å²) in [7, 11) is 0. The van der Waals surface area contributed by atoms with E-state index in [9.17, 15) is 0 Å². The van der Waals surface area contributed by atoms with Crippen molar-refractivity contribution in [3.8, 4) is 0 Å². The number of benzene rings is 11. The molecule has 0 saturated heterocycles. The maximum Gasteiger partial charge on any atom is 0.252 e. The predicted molar refractivity (Wildman–Crippen MR) is 292 cm³/mol. The molecule has 3 aliphatic heterocycles. The van der Waals surface area contributed by atoms with Crippen LogP contribution in [0, 0.1) is 6.92 Å². The molecular weight excluding hydrogens is 836 g/mol. The minimum absolute atomic E-state index is 0.0568. The average Bonchev–Trinajstić information content (AvgIpc) is 3.40. The minimum atomic E-state index is -0.0568. The highest BCUT2D eigenvalue weighted by atomic mass is 15.2. The quantitative estimate of drug-likeness (QED) is 0.148. The molecule has 0 radical (unpaired) electrons. The van der Waals surface area contributed by atoms with Crippen molar-refractivity contribution in [2.75, 3.05) is 19.6 Å². The highest BCUT2D eigenvalue weighted by molar-refractivity contribution is 7.00. The van der Waals surface area contributed by atoms with Crippen LogP contribution in [0.15, 0.2) is 243 Å². The number of hydrogen-bond donors (Lipinski definition) is 0. The van der Waals surface area contributed by atoms with E-state index in [-0.39, 0.29) is 6.71 Å². The number of fused-ring (bicyclic) bond motifs is 8. The Hall–Kier alpha value is -8.80. The van der Waals surface area contributed by atoms with Crippen molar-refractivity contribution in [3.05, 3.63) is 259 Å². The molecule has 11 aromatic carbocycles. The molecule has 5 heteroatoms. The Kier molecular flexibility index (Phi) is 8.93. The van der Waals surface area contributed by atoms with E-state index in [4.69, 9.17) is 0 Å². The van der Waals surface area contributed by atoms with Gasteiger partial charge in [0.25, 0.3) is 6.71 Å². The summed E-state index contributed by atoms with van der Waals surface area (Å²) in [4.78, 5) is 10.1. The van der Waals surface area contributed by atoms with Gasteiger partial charge in [0.15, 0.2) is 0 Å². The molecule has 14 rings (SSSR count). The van der Waals surface area contributed by atoms with Crippen LogP contribution in [0.5, 0.6) is 0 Å². The smallest absolute Gasteiger partial charge is 0.252 e.